The summed E-state index contributed by atoms with van der Waals surface area (Å²) >= 11 is 0. The highest BCUT2D eigenvalue weighted by Gasteiger charge is 2.13. The zero-order valence-electron chi connectivity index (χ0n) is 7.74. The van der Waals surface area contributed by atoms with E-state index in [0.29, 0.717) is 0 Å². The van der Waals surface area contributed by atoms with Gasteiger partial charge in [0.25, 0.3) is 0 Å². The lowest BCUT2D eigenvalue weighted by Gasteiger charge is -2.10. The van der Waals surface area contributed by atoms with Crippen LogP contribution in [0.3, 0.4) is 0 Å². The number of hydrazine groups is 1. The number of aromatic nitrogens is 1. The fourth-order valence-electron chi connectivity index (χ4n) is 1.03. The Morgan fingerprint density at radius 1 is 1.46 bits per heavy atom. The van der Waals surface area contributed by atoms with Gasteiger partial charge >= 0.3 is 0 Å². The highest BCUT2D eigenvalue weighted by molar-refractivity contribution is 5.82. The molecule has 0 aliphatic heterocycles. The number of carbonyl (C=O) groups excluding carboxylic acids is 1. The minimum Gasteiger partial charge on any atom is -0.291 e. The molecule has 13 heavy (non-hydrogen) atoms. The number of nitrogens with one attached hydrogen (secondary N) is 2. The van der Waals surface area contributed by atoms with Crippen molar-refractivity contribution in [3.63, 3.8) is 0 Å². The van der Waals surface area contributed by atoms with E-state index < -0.39 is 0 Å². The van der Waals surface area contributed by atoms with Gasteiger partial charge in [-0.2, -0.15) is 0 Å². The molecule has 0 saturated carbocycles. The van der Waals surface area contributed by atoms with Crippen molar-refractivity contribution >= 4 is 5.91 Å². The molecular formula is C9H13N3O. The number of pyridine rings is 1. The molecule has 1 heterocycles. The average Bonchev–Trinajstić information content (AvgIpc) is 2.18. The van der Waals surface area contributed by atoms with Gasteiger partial charge in [0, 0.05) is 19.4 Å². The maximum Gasteiger partial charge on any atom is 0.241 e. The van der Waals surface area contributed by atoms with Gasteiger partial charge in [0.15, 0.2) is 0 Å². The van der Waals surface area contributed by atoms with Crippen molar-refractivity contribution in [1.82, 2.24) is 15.8 Å². The third kappa shape index (κ3) is 2.52. The number of hydrogen-bond acceptors (Lipinski definition) is 3. The van der Waals surface area contributed by atoms with E-state index >= 15 is 0 Å². The number of nitrogens with zero attached hydrogens (tertiary/aromatic N) is 1. The molecule has 0 aliphatic rings. The minimum absolute atomic E-state index is 0.0475. The lowest BCUT2D eigenvalue weighted by atomic mass is 10.0. The van der Waals surface area contributed by atoms with E-state index in [1.165, 1.54) is 0 Å². The van der Waals surface area contributed by atoms with Crippen molar-refractivity contribution in [3.8, 4) is 0 Å². The summed E-state index contributed by atoms with van der Waals surface area (Å²) in [4.78, 5) is 15.2. The molecule has 1 rings (SSSR count). The Balaban J connectivity index is 2.68. The molecule has 1 amide bonds. The van der Waals surface area contributed by atoms with Crippen LogP contribution in [0.4, 0.5) is 0 Å². The van der Waals surface area contributed by atoms with E-state index in [4.69, 9.17) is 0 Å². The van der Waals surface area contributed by atoms with Crippen molar-refractivity contribution in [1.29, 1.82) is 0 Å². The van der Waals surface area contributed by atoms with Crippen LogP contribution in [0.5, 0.6) is 0 Å². The van der Waals surface area contributed by atoms with E-state index in [-0.39, 0.29) is 11.8 Å². The Hall–Kier alpha value is -1.42. The zero-order valence-corrected chi connectivity index (χ0v) is 7.74. The van der Waals surface area contributed by atoms with Crippen LogP contribution in [0.25, 0.3) is 0 Å². The monoisotopic (exact) mass is 179 g/mol. The maximum atomic E-state index is 11.3. The van der Waals surface area contributed by atoms with Crippen molar-refractivity contribution in [2.75, 3.05) is 7.05 Å². The number of rotatable bonds is 3. The van der Waals surface area contributed by atoms with E-state index in [1.807, 2.05) is 19.1 Å². The zero-order chi connectivity index (χ0) is 9.68. The second-order valence-electron chi connectivity index (χ2n) is 2.74. The molecule has 0 radical (unpaired) electrons. The van der Waals surface area contributed by atoms with Gasteiger partial charge in [-0.1, -0.05) is 0 Å². The molecule has 0 aromatic carbocycles. The SMILES string of the molecule is CNNC(=O)C(C)c1ccncc1. The van der Waals surface area contributed by atoms with Gasteiger partial charge < -0.3 is 0 Å². The van der Waals surface area contributed by atoms with Gasteiger partial charge in [-0.05, 0) is 24.6 Å². The van der Waals surface area contributed by atoms with Crippen LogP contribution in [0.15, 0.2) is 24.5 Å². The van der Waals surface area contributed by atoms with Gasteiger partial charge in [-0.15, -0.1) is 0 Å². The second kappa shape index (κ2) is 4.57. The van der Waals surface area contributed by atoms with Crippen molar-refractivity contribution in [2.45, 2.75) is 12.8 Å². The molecule has 2 N–H and O–H groups in total. The summed E-state index contributed by atoms with van der Waals surface area (Å²) in [6.07, 6.45) is 3.36. The normalized spacial score (nSPS) is 12.2. The summed E-state index contributed by atoms with van der Waals surface area (Å²) in [5.41, 5.74) is 6.10. The molecule has 0 fully saturated rings. The molecule has 0 aliphatic carbocycles. The van der Waals surface area contributed by atoms with Crippen LogP contribution in [-0.2, 0) is 4.79 Å². The van der Waals surface area contributed by atoms with Crippen molar-refractivity contribution < 1.29 is 4.79 Å². The fraction of sp³-hybridized carbons (Fsp3) is 0.333. The molecule has 4 nitrogen and oxygen atoms in total. The molecule has 0 spiro atoms. The summed E-state index contributed by atoms with van der Waals surface area (Å²) in [6, 6.07) is 3.67. The molecule has 0 saturated heterocycles. The van der Waals surface area contributed by atoms with E-state index in [1.54, 1.807) is 19.4 Å². The lowest BCUT2D eigenvalue weighted by Crippen LogP contribution is -2.37. The third-order valence-electron chi connectivity index (χ3n) is 1.85. The summed E-state index contributed by atoms with van der Waals surface area (Å²) in [7, 11) is 1.66. The highest BCUT2D eigenvalue weighted by atomic mass is 16.2. The largest absolute Gasteiger partial charge is 0.291 e. The predicted octanol–water partition coefficient (Wildman–Crippen LogP) is 0.436. The Morgan fingerprint density at radius 2 is 2.08 bits per heavy atom. The summed E-state index contributed by atoms with van der Waals surface area (Å²) < 4.78 is 0. The third-order valence-corrected chi connectivity index (χ3v) is 1.85. The Kier molecular flexibility index (Phi) is 3.40. The predicted molar refractivity (Wildman–Crippen MR) is 49.9 cm³/mol. The van der Waals surface area contributed by atoms with Gasteiger partial charge in [0.2, 0.25) is 5.91 Å². The van der Waals surface area contributed by atoms with Crippen LogP contribution in [0.1, 0.15) is 18.4 Å². The van der Waals surface area contributed by atoms with E-state index in [0.717, 1.165) is 5.56 Å². The molecule has 0 bridgehead atoms. The Bertz CT molecular complexity index is 273. The van der Waals surface area contributed by atoms with Gasteiger partial charge in [0.05, 0.1) is 5.92 Å². The molecular weight excluding hydrogens is 166 g/mol. The molecule has 4 heteroatoms. The maximum absolute atomic E-state index is 11.3. The smallest absolute Gasteiger partial charge is 0.241 e. The average molecular weight is 179 g/mol. The molecule has 1 unspecified atom stereocenters. The number of amides is 1. The quantitative estimate of drug-likeness (QED) is 0.662. The van der Waals surface area contributed by atoms with Gasteiger partial charge in [0.1, 0.15) is 0 Å². The van der Waals surface area contributed by atoms with Crippen LogP contribution in [0.2, 0.25) is 0 Å². The molecule has 1 aromatic heterocycles. The number of hydrogen-bond donors (Lipinski definition) is 2. The molecule has 70 valence electrons. The summed E-state index contributed by atoms with van der Waals surface area (Å²) in [5.74, 6) is -0.204. The minimum atomic E-state index is -0.157. The Morgan fingerprint density at radius 3 is 2.62 bits per heavy atom. The molecule has 1 aromatic rings. The van der Waals surface area contributed by atoms with Crippen LogP contribution in [-0.4, -0.2) is 17.9 Å². The van der Waals surface area contributed by atoms with E-state index in [2.05, 4.69) is 15.8 Å². The first-order chi connectivity index (χ1) is 6.25. The van der Waals surface area contributed by atoms with Crippen LogP contribution in [0, 0.1) is 0 Å². The second-order valence-corrected chi connectivity index (χ2v) is 2.74. The van der Waals surface area contributed by atoms with Crippen molar-refractivity contribution in [2.24, 2.45) is 0 Å². The van der Waals surface area contributed by atoms with Gasteiger partial charge in [-0.3, -0.25) is 15.2 Å². The standard InChI is InChI=1S/C9H13N3O/c1-7(9(13)12-10-2)8-3-5-11-6-4-8/h3-7,10H,1-2H3,(H,12,13). The first-order valence-corrected chi connectivity index (χ1v) is 4.12. The summed E-state index contributed by atoms with van der Waals surface area (Å²) in [6.45, 7) is 1.85. The first-order valence-electron chi connectivity index (χ1n) is 4.12. The van der Waals surface area contributed by atoms with Crippen LogP contribution < -0.4 is 10.9 Å². The highest BCUT2D eigenvalue weighted by Crippen LogP contribution is 2.12. The van der Waals surface area contributed by atoms with Gasteiger partial charge in [-0.25, -0.2) is 5.43 Å². The van der Waals surface area contributed by atoms with Crippen molar-refractivity contribution in [3.05, 3.63) is 30.1 Å². The first kappa shape index (κ1) is 9.67. The number of carbonyl (C=O) groups is 1. The van der Waals surface area contributed by atoms with E-state index in [9.17, 15) is 4.79 Å². The summed E-state index contributed by atoms with van der Waals surface area (Å²) in [5, 5.41) is 0. The fourth-order valence-corrected chi connectivity index (χ4v) is 1.03. The van der Waals surface area contributed by atoms with Crippen LogP contribution >= 0.6 is 0 Å². The lowest BCUT2D eigenvalue weighted by molar-refractivity contribution is -0.123. The Labute approximate surface area is 77.3 Å². The molecule has 1 atom stereocenters. The topological polar surface area (TPSA) is 54.0 Å².